The summed E-state index contributed by atoms with van der Waals surface area (Å²) in [6.07, 6.45) is 3.16. The molecule has 0 unspecified atom stereocenters. The Balaban J connectivity index is 2.56. The number of benzene rings is 1. The lowest BCUT2D eigenvalue weighted by atomic mass is 9.97. The predicted molar refractivity (Wildman–Crippen MR) is 79.5 cm³/mol. The lowest BCUT2D eigenvalue weighted by Gasteiger charge is -2.13. The van der Waals surface area contributed by atoms with Crippen LogP contribution < -0.4 is 5.73 Å². The van der Waals surface area contributed by atoms with Gasteiger partial charge in [-0.1, -0.05) is 29.8 Å². The molecule has 2 heterocycles. The third-order valence-corrected chi connectivity index (χ3v) is 3.57. The number of anilines is 1. The van der Waals surface area contributed by atoms with Gasteiger partial charge in [0.05, 0.1) is 11.3 Å². The van der Waals surface area contributed by atoms with Crippen molar-refractivity contribution in [3.63, 3.8) is 0 Å². The van der Waals surface area contributed by atoms with Crippen molar-refractivity contribution < 1.29 is 0 Å². The maximum Gasteiger partial charge on any atom is 0.162 e. The average molecular weight is 294 g/mol. The van der Waals surface area contributed by atoms with E-state index in [4.69, 9.17) is 17.3 Å². The van der Waals surface area contributed by atoms with Crippen LogP contribution in [0.4, 0.5) is 5.69 Å². The zero-order chi connectivity index (χ0) is 15.0. The number of nitrogen functional groups attached to an aromatic ring is 1. The molecule has 21 heavy (non-hydrogen) atoms. The van der Waals surface area contributed by atoms with Crippen molar-refractivity contribution in [1.29, 1.82) is 10.5 Å². The Kier molecular flexibility index (Phi) is 2.98. The number of halogens is 1. The van der Waals surface area contributed by atoms with Crippen LogP contribution in [0.15, 0.2) is 36.7 Å². The zero-order valence-corrected chi connectivity index (χ0v) is 11.5. The van der Waals surface area contributed by atoms with Gasteiger partial charge in [0.1, 0.15) is 17.8 Å². The van der Waals surface area contributed by atoms with Crippen molar-refractivity contribution in [2.75, 3.05) is 5.73 Å². The fourth-order valence-electron chi connectivity index (χ4n) is 2.32. The van der Waals surface area contributed by atoms with E-state index >= 15 is 0 Å². The summed E-state index contributed by atoms with van der Waals surface area (Å²) in [5, 5.41) is 19.4. The third-order valence-electron chi connectivity index (χ3n) is 3.24. The first-order valence-electron chi connectivity index (χ1n) is 6.02. The first-order chi connectivity index (χ1) is 10.2. The number of nitrogens with two attached hydrogens (primary N) is 1. The molecule has 5 nitrogen and oxygen atoms in total. The first-order valence-corrected chi connectivity index (χ1v) is 6.40. The largest absolute Gasteiger partial charge is 0.395 e. The van der Waals surface area contributed by atoms with Crippen molar-refractivity contribution in [2.45, 2.75) is 0 Å². The SMILES string of the molecule is N#Cc1c(-c2ccccc2Cl)c(C#N)n2ccnc2c1N. The Labute approximate surface area is 125 Å². The molecule has 0 amide bonds. The minimum atomic E-state index is 0.207. The van der Waals surface area contributed by atoms with Gasteiger partial charge in [0.25, 0.3) is 0 Å². The van der Waals surface area contributed by atoms with Crippen LogP contribution in [0.3, 0.4) is 0 Å². The van der Waals surface area contributed by atoms with E-state index in [0.717, 1.165) is 0 Å². The highest BCUT2D eigenvalue weighted by molar-refractivity contribution is 6.33. The van der Waals surface area contributed by atoms with E-state index < -0.39 is 0 Å². The summed E-state index contributed by atoms with van der Waals surface area (Å²) in [5.41, 5.74) is 8.15. The lowest BCUT2D eigenvalue weighted by Crippen LogP contribution is -2.04. The average Bonchev–Trinajstić information content (AvgIpc) is 2.97. The molecule has 3 rings (SSSR count). The second-order valence-corrected chi connectivity index (χ2v) is 4.74. The standard InChI is InChI=1S/C15H8ClN5/c16-11-4-2-1-3-9(11)13-10(7-17)14(19)15-20-5-6-21(15)12(13)8-18/h1-6H,19H2. The molecule has 0 aliphatic carbocycles. The molecule has 0 saturated heterocycles. The molecular weight excluding hydrogens is 286 g/mol. The zero-order valence-electron chi connectivity index (χ0n) is 10.7. The molecule has 6 heteroatoms. The van der Waals surface area contributed by atoms with E-state index in [0.29, 0.717) is 21.8 Å². The number of pyridine rings is 1. The Hall–Kier alpha value is -3.02. The van der Waals surface area contributed by atoms with Crippen LogP contribution in [0.2, 0.25) is 5.02 Å². The molecular formula is C15H8ClN5. The highest BCUT2D eigenvalue weighted by atomic mass is 35.5. The van der Waals surface area contributed by atoms with E-state index in [-0.39, 0.29) is 16.9 Å². The van der Waals surface area contributed by atoms with Crippen molar-refractivity contribution >= 4 is 22.9 Å². The number of imidazole rings is 1. The van der Waals surface area contributed by atoms with E-state index in [2.05, 4.69) is 17.1 Å². The summed E-state index contributed by atoms with van der Waals surface area (Å²) in [5.74, 6) is 0. The Morgan fingerprint density at radius 3 is 2.62 bits per heavy atom. The second-order valence-electron chi connectivity index (χ2n) is 4.34. The van der Waals surface area contributed by atoms with Crippen LogP contribution in [0.5, 0.6) is 0 Å². The van der Waals surface area contributed by atoms with Gasteiger partial charge in [0.2, 0.25) is 0 Å². The summed E-state index contributed by atoms with van der Waals surface area (Å²) < 4.78 is 1.56. The maximum absolute atomic E-state index is 9.51. The third kappa shape index (κ3) is 1.80. The predicted octanol–water partition coefficient (Wildman–Crippen LogP) is 2.98. The number of hydrogen-bond donors (Lipinski definition) is 1. The molecule has 0 atom stereocenters. The summed E-state index contributed by atoms with van der Waals surface area (Å²) in [7, 11) is 0. The normalized spacial score (nSPS) is 10.2. The van der Waals surface area contributed by atoms with Gasteiger partial charge in [0.15, 0.2) is 5.65 Å². The van der Waals surface area contributed by atoms with Gasteiger partial charge in [-0.15, -0.1) is 0 Å². The van der Waals surface area contributed by atoms with Crippen LogP contribution in [-0.4, -0.2) is 9.38 Å². The number of rotatable bonds is 1. The fraction of sp³-hybridized carbons (Fsp3) is 0. The Morgan fingerprint density at radius 1 is 1.19 bits per heavy atom. The van der Waals surface area contributed by atoms with E-state index in [9.17, 15) is 10.5 Å². The highest BCUT2D eigenvalue weighted by Gasteiger charge is 2.21. The molecule has 0 aliphatic rings. The van der Waals surface area contributed by atoms with Crippen molar-refractivity contribution in [3.05, 3.63) is 52.9 Å². The molecule has 0 saturated carbocycles. The van der Waals surface area contributed by atoms with Crippen LogP contribution in [0.1, 0.15) is 11.3 Å². The molecule has 0 fully saturated rings. The quantitative estimate of drug-likeness (QED) is 0.746. The maximum atomic E-state index is 9.51. The van der Waals surface area contributed by atoms with E-state index in [1.54, 1.807) is 34.9 Å². The van der Waals surface area contributed by atoms with Crippen molar-refractivity contribution in [3.8, 4) is 23.3 Å². The van der Waals surface area contributed by atoms with Gasteiger partial charge in [-0.05, 0) is 6.07 Å². The van der Waals surface area contributed by atoms with Crippen molar-refractivity contribution in [1.82, 2.24) is 9.38 Å². The van der Waals surface area contributed by atoms with E-state index in [1.165, 1.54) is 6.20 Å². The molecule has 0 aliphatic heterocycles. The van der Waals surface area contributed by atoms with Crippen LogP contribution >= 0.6 is 11.6 Å². The number of fused-ring (bicyclic) bond motifs is 1. The minimum absolute atomic E-state index is 0.207. The Bertz CT molecular complexity index is 943. The second kappa shape index (κ2) is 4.82. The molecule has 0 radical (unpaired) electrons. The minimum Gasteiger partial charge on any atom is -0.395 e. The highest BCUT2D eigenvalue weighted by Crippen LogP contribution is 2.36. The monoisotopic (exact) mass is 293 g/mol. The number of aromatic nitrogens is 2. The van der Waals surface area contributed by atoms with Crippen molar-refractivity contribution in [2.24, 2.45) is 0 Å². The lowest BCUT2D eigenvalue weighted by molar-refractivity contribution is 1.14. The number of nitrogens with zero attached hydrogens (tertiary/aromatic N) is 4. The van der Waals surface area contributed by atoms with Gasteiger partial charge in [-0.25, -0.2) is 4.98 Å². The van der Waals surface area contributed by atoms with E-state index in [1.807, 2.05) is 0 Å². The van der Waals surface area contributed by atoms with Gasteiger partial charge < -0.3 is 5.73 Å². The molecule has 1 aromatic carbocycles. The number of hydrogen-bond acceptors (Lipinski definition) is 4. The molecule has 0 bridgehead atoms. The van der Waals surface area contributed by atoms with Crippen LogP contribution in [-0.2, 0) is 0 Å². The number of nitriles is 2. The molecule has 3 aromatic rings. The van der Waals surface area contributed by atoms with Gasteiger partial charge >= 0.3 is 0 Å². The summed E-state index contributed by atoms with van der Waals surface area (Å²) in [6.45, 7) is 0. The van der Waals surface area contributed by atoms with Crippen LogP contribution in [0.25, 0.3) is 16.8 Å². The molecule has 2 aromatic heterocycles. The first kappa shape index (κ1) is 13.0. The fourth-order valence-corrected chi connectivity index (χ4v) is 2.55. The molecule has 100 valence electrons. The Morgan fingerprint density at radius 2 is 1.95 bits per heavy atom. The summed E-state index contributed by atoms with van der Waals surface area (Å²) >= 11 is 6.21. The summed E-state index contributed by atoms with van der Waals surface area (Å²) in [6, 6.07) is 11.2. The topological polar surface area (TPSA) is 90.9 Å². The van der Waals surface area contributed by atoms with Gasteiger partial charge in [-0.2, -0.15) is 10.5 Å². The molecule has 0 spiro atoms. The smallest absolute Gasteiger partial charge is 0.162 e. The van der Waals surface area contributed by atoms with Gasteiger partial charge in [0, 0.05) is 28.5 Å². The van der Waals surface area contributed by atoms with Crippen LogP contribution in [0, 0.1) is 22.7 Å². The van der Waals surface area contributed by atoms with Gasteiger partial charge in [-0.3, -0.25) is 4.40 Å². The molecule has 2 N–H and O–H groups in total. The summed E-state index contributed by atoms with van der Waals surface area (Å²) in [4.78, 5) is 4.10.